The first-order valence-corrected chi connectivity index (χ1v) is 11.3. The maximum atomic E-state index is 12.8. The summed E-state index contributed by atoms with van der Waals surface area (Å²) in [5.41, 5.74) is 8.81. The third-order valence-corrected chi connectivity index (χ3v) is 6.24. The van der Waals surface area contributed by atoms with Crippen molar-refractivity contribution in [2.75, 3.05) is 31.1 Å². The fraction of sp³-hybridized carbons (Fsp3) is 0.250. The number of aromatic amines is 1. The van der Waals surface area contributed by atoms with Gasteiger partial charge in [-0.3, -0.25) is 4.79 Å². The summed E-state index contributed by atoms with van der Waals surface area (Å²) in [5.74, 6) is 0.787. The van der Waals surface area contributed by atoms with Crippen molar-refractivity contribution in [3.8, 4) is 11.3 Å². The van der Waals surface area contributed by atoms with Crippen LogP contribution >= 0.6 is 36.4 Å². The lowest BCUT2D eigenvalue weighted by molar-refractivity contribution is -0.132. The molecule has 0 unspecified atom stereocenters. The average Bonchev–Trinajstić information content (AvgIpc) is 3.37. The molecule has 0 aliphatic carbocycles. The van der Waals surface area contributed by atoms with Crippen LogP contribution in [-0.2, 0) is 11.2 Å². The Morgan fingerprint density at radius 1 is 1.00 bits per heavy atom. The molecule has 0 radical (unpaired) electrons. The number of carbonyl (C=O) groups is 1. The van der Waals surface area contributed by atoms with Crippen LogP contribution in [0.15, 0.2) is 61.1 Å². The zero-order chi connectivity index (χ0) is 22.8. The van der Waals surface area contributed by atoms with Gasteiger partial charge < -0.3 is 20.5 Å². The molecule has 1 aliphatic rings. The summed E-state index contributed by atoms with van der Waals surface area (Å²) < 4.78 is 0. The van der Waals surface area contributed by atoms with Gasteiger partial charge in [-0.2, -0.15) is 0 Å². The minimum absolute atomic E-state index is 0. The van der Waals surface area contributed by atoms with Crippen molar-refractivity contribution >= 4 is 58.9 Å². The average molecular weight is 535 g/mol. The van der Waals surface area contributed by atoms with E-state index in [1.165, 1.54) is 0 Å². The molecule has 2 aromatic heterocycles. The number of aromatic nitrogens is 4. The van der Waals surface area contributed by atoms with E-state index in [0.717, 1.165) is 33.5 Å². The highest BCUT2D eigenvalue weighted by atomic mass is 35.5. The molecule has 5 rings (SSSR count). The minimum atomic E-state index is -0.587. The van der Waals surface area contributed by atoms with E-state index in [4.69, 9.17) is 17.3 Å². The van der Waals surface area contributed by atoms with Gasteiger partial charge in [0.1, 0.15) is 5.69 Å². The normalized spacial score (nSPS) is 14.2. The van der Waals surface area contributed by atoms with Crippen LogP contribution in [0.2, 0.25) is 5.02 Å². The van der Waals surface area contributed by atoms with E-state index in [-0.39, 0.29) is 30.7 Å². The molecule has 0 bridgehead atoms. The van der Waals surface area contributed by atoms with Crippen LogP contribution < -0.4 is 10.6 Å². The first-order chi connectivity index (χ1) is 16.1. The quantitative estimate of drug-likeness (QED) is 0.404. The molecule has 1 saturated heterocycles. The Bertz CT molecular complexity index is 1260. The lowest BCUT2D eigenvalue weighted by atomic mass is 10.0. The Hall–Kier alpha value is -2.91. The molecule has 184 valence electrons. The highest BCUT2D eigenvalue weighted by Gasteiger charge is 2.27. The topological polar surface area (TPSA) is 104 Å². The Morgan fingerprint density at radius 2 is 1.69 bits per heavy atom. The van der Waals surface area contributed by atoms with Crippen LogP contribution in [0, 0.1) is 0 Å². The summed E-state index contributed by atoms with van der Waals surface area (Å²) in [4.78, 5) is 23.8. The number of hydrogen-bond acceptors (Lipinski definition) is 6. The van der Waals surface area contributed by atoms with E-state index in [1.54, 1.807) is 12.5 Å². The van der Waals surface area contributed by atoms with E-state index in [0.29, 0.717) is 37.6 Å². The van der Waals surface area contributed by atoms with Crippen LogP contribution in [0.5, 0.6) is 0 Å². The number of nitrogens with zero attached hydrogens (tertiary/aromatic N) is 5. The first kappa shape index (κ1) is 26.7. The lowest BCUT2D eigenvalue weighted by Crippen LogP contribution is -2.54. The molecule has 1 fully saturated rings. The summed E-state index contributed by atoms with van der Waals surface area (Å²) in [7, 11) is 0. The molecular formula is C24H26Cl3N7O. The third kappa shape index (κ3) is 5.67. The largest absolute Gasteiger partial charge is 0.351 e. The van der Waals surface area contributed by atoms with Crippen molar-refractivity contribution in [3.63, 3.8) is 0 Å². The van der Waals surface area contributed by atoms with Crippen LogP contribution in [0.25, 0.3) is 22.0 Å². The van der Waals surface area contributed by atoms with Crippen molar-refractivity contribution in [1.82, 2.24) is 25.1 Å². The van der Waals surface area contributed by atoms with Gasteiger partial charge in [0, 0.05) is 65.8 Å². The molecule has 4 aromatic rings. The minimum Gasteiger partial charge on any atom is -0.351 e. The van der Waals surface area contributed by atoms with E-state index in [9.17, 15) is 4.79 Å². The third-order valence-electron chi connectivity index (χ3n) is 5.99. The van der Waals surface area contributed by atoms with Crippen molar-refractivity contribution in [2.24, 2.45) is 5.73 Å². The number of anilines is 1. The zero-order valence-electron chi connectivity index (χ0n) is 18.8. The Balaban J connectivity index is 0.00000171. The van der Waals surface area contributed by atoms with E-state index < -0.39 is 6.04 Å². The Kier molecular flexibility index (Phi) is 8.91. The molecule has 35 heavy (non-hydrogen) atoms. The molecule has 1 aliphatic heterocycles. The number of piperazine rings is 1. The molecule has 0 saturated carbocycles. The monoisotopic (exact) mass is 533 g/mol. The molecule has 0 spiro atoms. The van der Waals surface area contributed by atoms with Crippen LogP contribution in [-0.4, -0.2) is 63.2 Å². The molecule has 3 N–H and O–H groups in total. The summed E-state index contributed by atoms with van der Waals surface area (Å²) in [6, 6.07) is 15.2. The van der Waals surface area contributed by atoms with Crippen LogP contribution in [0.3, 0.4) is 0 Å². The number of fused-ring (bicyclic) bond motifs is 1. The number of H-pyrrole nitrogens is 1. The van der Waals surface area contributed by atoms with Gasteiger partial charge in [0.25, 0.3) is 0 Å². The second-order valence-electron chi connectivity index (χ2n) is 8.12. The standard InChI is InChI=1S/C24H24ClN7O.2ClH/c25-17-7-5-16(6-8-17)22-19-3-1-2-4-20(19)23(30-29-22)31-9-11-32(12-10-31)24(33)21(26)13-18-14-27-15-28-18;;/h1-8,14-15,21H,9-13,26H2,(H,27,28);2*1H/t21-;;/m0../s1. The number of nitrogens with one attached hydrogen (secondary N) is 1. The number of rotatable bonds is 5. The molecule has 8 nitrogen and oxygen atoms in total. The molecular weight excluding hydrogens is 509 g/mol. The number of imidazole rings is 1. The van der Waals surface area contributed by atoms with Gasteiger partial charge in [-0.15, -0.1) is 35.0 Å². The summed E-state index contributed by atoms with van der Waals surface area (Å²) in [6.07, 6.45) is 3.73. The van der Waals surface area contributed by atoms with Crippen molar-refractivity contribution < 1.29 is 4.79 Å². The Labute approximate surface area is 220 Å². The van der Waals surface area contributed by atoms with Gasteiger partial charge in [0.2, 0.25) is 5.91 Å². The highest BCUT2D eigenvalue weighted by molar-refractivity contribution is 6.30. The number of hydrogen-bond donors (Lipinski definition) is 2. The number of benzene rings is 2. The lowest BCUT2D eigenvalue weighted by Gasteiger charge is -2.36. The smallest absolute Gasteiger partial charge is 0.240 e. The van der Waals surface area contributed by atoms with Crippen molar-refractivity contribution in [1.29, 1.82) is 0 Å². The molecule has 2 aromatic carbocycles. The maximum Gasteiger partial charge on any atom is 0.240 e. The van der Waals surface area contributed by atoms with Gasteiger partial charge in [-0.1, -0.05) is 48.0 Å². The molecule has 1 amide bonds. The van der Waals surface area contributed by atoms with Gasteiger partial charge in [-0.05, 0) is 12.1 Å². The molecule has 1 atom stereocenters. The van der Waals surface area contributed by atoms with E-state index >= 15 is 0 Å². The van der Waals surface area contributed by atoms with Gasteiger partial charge in [0.05, 0.1) is 12.4 Å². The van der Waals surface area contributed by atoms with Crippen molar-refractivity contribution in [3.05, 3.63) is 71.8 Å². The highest BCUT2D eigenvalue weighted by Crippen LogP contribution is 2.32. The number of amides is 1. The number of nitrogens with two attached hydrogens (primary N) is 1. The predicted octanol–water partition coefficient (Wildman–Crippen LogP) is 3.74. The first-order valence-electron chi connectivity index (χ1n) is 10.9. The predicted molar refractivity (Wildman–Crippen MR) is 144 cm³/mol. The van der Waals surface area contributed by atoms with Crippen LogP contribution in [0.4, 0.5) is 5.82 Å². The summed E-state index contributed by atoms with van der Waals surface area (Å²) >= 11 is 6.05. The van der Waals surface area contributed by atoms with Gasteiger partial charge >= 0.3 is 0 Å². The van der Waals surface area contributed by atoms with E-state index in [2.05, 4.69) is 37.2 Å². The number of carbonyl (C=O) groups excluding carboxylic acids is 1. The van der Waals surface area contributed by atoms with E-state index in [1.807, 2.05) is 41.3 Å². The SMILES string of the molecule is Cl.Cl.N[C@@H](Cc1cnc[nH]1)C(=O)N1CCN(c2nnc(-c3ccc(Cl)cc3)c3ccccc23)CC1. The van der Waals surface area contributed by atoms with Crippen LogP contribution in [0.1, 0.15) is 5.69 Å². The summed E-state index contributed by atoms with van der Waals surface area (Å²) in [6.45, 7) is 2.51. The fourth-order valence-electron chi connectivity index (χ4n) is 4.24. The molecule has 11 heteroatoms. The maximum absolute atomic E-state index is 12.8. The fourth-order valence-corrected chi connectivity index (χ4v) is 4.36. The zero-order valence-corrected chi connectivity index (χ0v) is 21.2. The van der Waals surface area contributed by atoms with Gasteiger partial charge in [-0.25, -0.2) is 4.98 Å². The second-order valence-corrected chi connectivity index (χ2v) is 8.56. The van der Waals surface area contributed by atoms with Crippen molar-refractivity contribution in [2.45, 2.75) is 12.5 Å². The Morgan fingerprint density at radius 3 is 2.34 bits per heavy atom. The second kappa shape index (κ2) is 11.7. The van der Waals surface area contributed by atoms with Gasteiger partial charge in [0.15, 0.2) is 5.82 Å². The number of halogens is 3. The summed E-state index contributed by atoms with van der Waals surface area (Å²) in [5, 5.41) is 11.9. The molecule has 3 heterocycles.